The third kappa shape index (κ3) is 4.38. The zero-order chi connectivity index (χ0) is 17.1. The van der Waals surface area contributed by atoms with Gasteiger partial charge in [0.15, 0.2) is 0 Å². The molecule has 128 valence electrons. The molecule has 0 unspecified atom stereocenters. The molecule has 1 aliphatic heterocycles. The molecule has 0 spiro atoms. The molecule has 2 rings (SSSR count). The van der Waals surface area contributed by atoms with Gasteiger partial charge < -0.3 is 19.4 Å². The number of fused-ring (bicyclic) bond motifs is 1. The summed E-state index contributed by atoms with van der Waals surface area (Å²) in [6.45, 7) is 3.70. The Morgan fingerprint density at radius 1 is 1.26 bits per heavy atom. The number of carbonyl (C=O) groups excluding carboxylic acids is 1. The number of hydrogen-bond donors (Lipinski definition) is 0. The molecule has 1 amide bonds. The number of likely N-dealkylation sites (N-methyl/N-ethyl adjacent to an activating group) is 2. The van der Waals surface area contributed by atoms with Gasteiger partial charge in [-0.15, -0.1) is 0 Å². The molecule has 1 aromatic rings. The van der Waals surface area contributed by atoms with Crippen molar-refractivity contribution in [1.82, 2.24) is 9.80 Å². The van der Waals surface area contributed by atoms with E-state index in [4.69, 9.17) is 4.74 Å². The van der Waals surface area contributed by atoms with E-state index in [1.54, 1.807) is 0 Å². The molecule has 23 heavy (non-hydrogen) atoms. The normalized spacial score (nSPS) is 22.0. The summed E-state index contributed by atoms with van der Waals surface area (Å²) in [5.41, 5.74) is 2.05. The Balaban J connectivity index is 2.40. The highest BCUT2D eigenvalue weighted by Crippen LogP contribution is 2.29. The summed E-state index contributed by atoms with van der Waals surface area (Å²) in [5.74, 6) is 1.24. The summed E-state index contributed by atoms with van der Waals surface area (Å²) in [6, 6.07) is 6.10. The van der Waals surface area contributed by atoms with Crippen molar-refractivity contribution in [3.05, 3.63) is 23.8 Å². The van der Waals surface area contributed by atoms with Crippen LogP contribution in [0.2, 0.25) is 0 Å². The molecule has 0 saturated heterocycles. The molecule has 0 N–H and O–H groups in total. The summed E-state index contributed by atoms with van der Waals surface area (Å²) in [7, 11) is 9.98. The second-order valence-electron chi connectivity index (χ2n) is 7.03. The van der Waals surface area contributed by atoms with Gasteiger partial charge in [0, 0.05) is 51.4 Å². The summed E-state index contributed by atoms with van der Waals surface area (Å²) in [4.78, 5) is 18.5. The Morgan fingerprint density at radius 2 is 1.96 bits per heavy atom. The number of ether oxygens (including phenoxy) is 1. The van der Waals surface area contributed by atoms with Crippen molar-refractivity contribution in [2.75, 3.05) is 53.2 Å². The highest BCUT2D eigenvalue weighted by molar-refractivity contribution is 5.80. The fourth-order valence-electron chi connectivity index (χ4n) is 2.90. The van der Waals surface area contributed by atoms with Crippen LogP contribution in [-0.4, -0.2) is 70.1 Å². The predicted molar refractivity (Wildman–Crippen MR) is 94.2 cm³/mol. The highest BCUT2D eigenvalue weighted by Gasteiger charge is 2.27. The number of benzene rings is 1. The van der Waals surface area contributed by atoms with Crippen molar-refractivity contribution in [1.29, 1.82) is 0 Å². The second kappa shape index (κ2) is 7.21. The number of carbonyl (C=O) groups is 1. The molecule has 0 aromatic heterocycles. The van der Waals surface area contributed by atoms with Gasteiger partial charge in [-0.25, -0.2) is 0 Å². The smallest absolute Gasteiger partial charge is 0.226 e. The van der Waals surface area contributed by atoms with Crippen LogP contribution < -0.4 is 9.64 Å². The van der Waals surface area contributed by atoms with Crippen LogP contribution >= 0.6 is 0 Å². The minimum Gasteiger partial charge on any atom is -0.488 e. The molecule has 1 aliphatic rings. The number of hydrogen-bond acceptors (Lipinski definition) is 4. The maximum Gasteiger partial charge on any atom is 0.226 e. The Morgan fingerprint density at radius 3 is 2.57 bits per heavy atom. The Kier molecular flexibility index (Phi) is 5.52. The topological polar surface area (TPSA) is 36.0 Å². The van der Waals surface area contributed by atoms with E-state index in [0.717, 1.165) is 23.5 Å². The standard InChI is InChI=1S/C18H29N3O2/c1-13-11-21(6)18(22)10-14-9-15(20(4)5)7-8-16(14)23-17(13)12-19(2)3/h7-9,13,17H,10-12H2,1-6H3/t13-,17-/m1/s1. The van der Waals surface area contributed by atoms with Crippen molar-refractivity contribution in [2.45, 2.75) is 19.4 Å². The molecule has 5 heteroatoms. The van der Waals surface area contributed by atoms with Crippen LogP contribution in [0.4, 0.5) is 5.69 Å². The molecule has 0 aliphatic carbocycles. The first-order chi connectivity index (χ1) is 10.8. The fourth-order valence-corrected chi connectivity index (χ4v) is 2.90. The molecule has 5 nitrogen and oxygen atoms in total. The molecule has 0 fully saturated rings. The number of rotatable bonds is 3. The molecule has 0 saturated carbocycles. The Labute approximate surface area is 139 Å². The first-order valence-electron chi connectivity index (χ1n) is 8.13. The summed E-state index contributed by atoms with van der Waals surface area (Å²) in [5, 5.41) is 0. The first-order valence-corrected chi connectivity index (χ1v) is 8.13. The molecule has 1 heterocycles. The van der Waals surface area contributed by atoms with E-state index in [-0.39, 0.29) is 17.9 Å². The van der Waals surface area contributed by atoms with Crippen LogP contribution in [0.25, 0.3) is 0 Å². The van der Waals surface area contributed by atoms with Crippen molar-refractivity contribution < 1.29 is 9.53 Å². The van der Waals surface area contributed by atoms with E-state index in [1.807, 2.05) is 57.2 Å². The summed E-state index contributed by atoms with van der Waals surface area (Å²) >= 11 is 0. The maximum absolute atomic E-state index is 12.5. The summed E-state index contributed by atoms with van der Waals surface area (Å²) in [6.07, 6.45) is 0.442. The minimum atomic E-state index is 0.0577. The van der Waals surface area contributed by atoms with Crippen LogP contribution in [0.15, 0.2) is 18.2 Å². The second-order valence-corrected chi connectivity index (χ2v) is 7.03. The summed E-state index contributed by atoms with van der Waals surface area (Å²) < 4.78 is 6.33. The lowest BCUT2D eigenvalue weighted by Crippen LogP contribution is -2.41. The average molecular weight is 319 g/mol. The third-order valence-electron chi connectivity index (χ3n) is 4.35. The van der Waals surface area contributed by atoms with Crippen molar-refractivity contribution in [2.24, 2.45) is 5.92 Å². The van der Waals surface area contributed by atoms with Gasteiger partial charge in [-0.2, -0.15) is 0 Å². The lowest BCUT2D eigenvalue weighted by atomic mass is 10.0. The highest BCUT2D eigenvalue weighted by atomic mass is 16.5. The zero-order valence-electron chi connectivity index (χ0n) is 15.2. The molecule has 1 aromatic carbocycles. The van der Waals surface area contributed by atoms with E-state index < -0.39 is 0 Å². The Hall–Kier alpha value is -1.75. The van der Waals surface area contributed by atoms with Crippen LogP contribution in [-0.2, 0) is 11.2 Å². The third-order valence-corrected chi connectivity index (χ3v) is 4.35. The average Bonchev–Trinajstić information content (AvgIpc) is 2.49. The van der Waals surface area contributed by atoms with E-state index in [1.165, 1.54) is 0 Å². The van der Waals surface area contributed by atoms with Gasteiger partial charge in [-0.3, -0.25) is 4.79 Å². The molecule has 2 atom stereocenters. The van der Waals surface area contributed by atoms with Crippen molar-refractivity contribution in [3.8, 4) is 5.75 Å². The molecular weight excluding hydrogens is 290 g/mol. The van der Waals surface area contributed by atoms with Gasteiger partial charge in [0.05, 0.1) is 6.42 Å². The quantitative estimate of drug-likeness (QED) is 0.850. The van der Waals surface area contributed by atoms with Gasteiger partial charge >= 0.3 is 0 Å². The molecule has 0 bridgehead atoms. The molecular formula is C18H29N3O2. The van der Waals surface area contributed by atoms with Crippen molar-refractivity contribution >= 4 is 11.6 Å². The van der Waals surface area contributed by atoms with E-state index in [9.17, 15) is 4.79 Å². The van der Waals surface area contributed by atoms with Gasteiger partial charge in [0.2, 0.25) is 5.91 Å². The van der Waals surface area contributed by atoms with Gasteiger partial charge in [-0.05, 0) is 32.3 Å². The van der Waals surface area contributed by atoms with Crippen molar-refractivity contribution in [3.63, 3.8) is 0 Å². The minimum absolute atomic E-state index is 0.0577. The largest absolute Gasteiger partial charge is 0.488 e. The monoisotopic (exact) mass is 319 g/mol. The van der Waals surface area contributed by atoms with Gasteiger partial charge in [0.25, 0.3) is 0 Å². The lowest BCUT2D eigenvalue weighted by molar-refractivity contribution is -0.129. The maximum atomic E-state index is 12.5. The number of anilines is 1. The fraction of sp³-hybridized carbons (Fsp3) is 0.611. The number of amides is 1. The first kappa shape index (κ1) is 17.6. The zero-order valence-corrected chi connectivity index (χ0v) is 15.2. The predicted octanol–water partition coefficient (Wildman–Crippen LogP) is 1.71. The number of nitrogens with zero attached hydrogens (tertiary/aromatic N) is 3. The lowest BCUT2D eigenvalue weighted by Gasteiger charge is -2.29. The van der Waals surface area contributed by atoms with Crippen LogP contribution in [0.1, 0.15) is 12.5 Å². The van der Waals surface area contributed by atoms with E-state index in [2.05, 4.69) is 17.9 Å². The SMILES string of the molecule is C[C@@H]1CN(C)C(=O)Cc2cc(N(C)C)ccc2O[C@@H]1CN(C)C. The van der Waals surface area contributed by atoms with Gasteiger partial charge in [0.1, 0.15) is 11.9 Å². The van der Waals surface area contributed by atoms with Crippen LogP contribution in [0.3, 0.4) is 0 Å². The van der Waals surface area contributed by atoms with Crippen LogP contribution in [0.5, 0.6) is 5.75 Å². The van der Waals surface area contributed by atoms with E-state index >= 15 is 0 Å². The molecule has 0 radical (unpaired) electrons. The van der Waals surface area contributed by atoms with E-state index in [0.29, 0.717) is 13.0 Å². The Bertz CT molecular complexity index is 557. The van der Waals surface area contributed by atoms with Gasteiger partial charge in [-0.1, -0.05) is 6.92 Å². The van der Waals surface area contributed by atoms with Crippen LogP contribution in [0, 0.1) is 5.92 Å².